The molecule has 0 fully saturated rings. The molecule has 1 aromatic heterocycles. The number of halogens is 2. The minimum atomic E-state index is -3.75. The summed E-state index contributed by atoms with van der Waals surface area (Å²) in [5, 5.41) is 8.56. The maximum Gasteiger partial charge on any atom is 0.238 e. The Morgan fingerprint density at radius 3 is 2.70 bits per heavy atom. The van der Waals surface area contributed by atoms with Crippen LogP contribution < -0.4 is 10.5 Å². The van der Waals surface area contributed by atoms with Gasteiger partial charge in [0, 0.05) is 23.4 Å². The standard InChI is InChI=1S/C12H11BrClN3O2S/c13-9-3-8(5-16-7-9)6-17-12-4-10(20(15,18)19)1-2-11(12)14/h1-5,7,17H,6H2,(H2,15,18,19). The van der Waals surface area contributed by atoms with Gasteiger partial charge in [0.25, 0.3) is 0 Å². The molecule has 3 N–H and O–H groups in total. The summed E-state index contributed by atoms with van der Waals surface area (Å²) in [6.07, 6.45) is 3.38. The molecule has 0 radical (unpaired) electrons. The van der Waals surface area contributed by atoms with E-state index in [-0.39, 0.29) is 4.90 Å². The van der Waals surface area contributed by atoms with Gasteiger partial charge in [-0.1, -0.05) is 11.6 Å². The summed E-state index contributed by atoms with van der Waals surface area (Å²) >= 11 is 9.35. The summed E-state index contributed by atoms with van der Waals surface area (Å²) in [5.74, 6) is 0. The number of aromatic nitrogens is 1. The van der Waals surface area contributed by atoms with Crippen LogP contribution in [0.15, 0.2) is 46.0 Å². The molecule has 0 unspecified atom stereocenters. The lowest BCUT2D eigenvalue weighted by atomic mass is 10.2. The van der Waals surface area contributed by atoms with Crippen molar-refractivity contribution in [1.29, 1.82) is 0 Å². The van der Waals surface area contributed by atoms with Crippen LogP contribution in [-0.2, 0) is 16.6 Å². The molecule has 0 saturated carbocycles. The molecule has 0 aliphatic rings. The predicted octanol–water partition coefficient (Wildman–Crippen LogP) is 2.76. The number of benzene rings is 1. The lowest BCUT2D eigenvalue weighted by Gasteiger charge is -2.10. The normalized spacial score (nSPS) is 11.3. The Hall–Kier alpha value is -1.15. The number of hydrogen-bond acceptors (Lipinski definition) is 4. The topological polar surface area (TPSA) is 85.1 Å². The predicted molar refractivity (Wildman–Crippen MR) is 82.1 cm³/mol. The number of hydrogen-bond donors (Lipinski definition) is 2. The van der Waals surface area contributed by atoms with E-state index in [2.05, 4.69) is 26.2 Å². The number of nitrogens with one attached hydrogen (secondary N) is 1. The summed E-state index contributed by atoms with van der Waals surface area (Å²) < 4.78 is 23.5. The first-order chi connectivity index (χ1) is 9.36. The molecule has 20 heavy (non-hydrogen) atoms. The van der Waals surface area contributed by atoms with Crippen molar-refractivity contribution in [3.63, 3.8) is 0 Å². The molecule has 1 heterocycles. The Kier molecular flexibility index (Phi) is 4.64. The maximum absolute atomic E-state index is 11.3. The van der Waals surface area contributed by atoms with Crippen molar-refractivity contribution in [3.05, 3.63) is 51.7 Å². The van der Waals surface area contributed by atoms with E-state index in [4.69, 9.17) is 16.7 Å². The van der Waals surface area contributed by atoms with Crippen LogP contribution in [0.3, 0.4) is 0 Å². The summed E-state index contributed by atoms with van der Waals surface area (Å²) in [4.78, 5) is 4.05. The van der Waals surface area contributed by atoms with Gasteiger partial charge in [0.15, 0.2) is 0 Å². The lowest BCUT2D eigenvalue weighted by molar-refractivity contribution is 0.598. The number of sulfonamides is 1. The number of primary sulfonamides is 1. The molecular weight excluding hydrogens is 366 g/mol. The Balaban J connectivity index is 2.21. The Labute approximate surface area is 130 Å². The summed E-state index contributed by atoms with van der Waals surface area (Å²) in [5.41, 5.74) is 1.43. The van der Waals surface area contributed by atoms with E-state index in [0.717, 1.165) is 10.0 Å². The van der Waals surface area contributed by atoms with Gasteiger partial charge >= 0.3 is 0 Å². The van der Waals surface area contributed by atoms with Crippen molar-refractivity contribution in [1.82, 2.24) is 4.98 Å². The largest absolute Gasteiger partial charge is 0.380 e. The van der Waals surface area contributed by atoms with Gasteiger partial charge in [0.1, 0.15) is 0 Å². The zero-order valence-corrected chi connectivity index (χ0v) is 13.3. The van der Waals surface area contributed by atoms with Gasteiger partial charge in [-0.3, -0.25) is 4.98 Å². The molecule has 0 spiro atoms. The Morgan fingerprint density at radius 2 is 2.05 bits per heavy atom. The molecule has 0 bridgehead atoms. The highest BCUT2D eigenvalue weighted by molar-refractivity contribution is 9.10. The molecule has 106 valence electrons. The molecule has 2 rings (SSSR count). The van der Waals surface area contributed by atoms with E-state index < -0.39 is 10.0 Å². The first kappa shape index (κ1) is 15.2. The minimum Gasteiger partial charge on any atom is -0.380 e. The van der Waals surface area contributed by atoms with Crippen LogP contribution in [-0.4, -0.2) is 13.4 Å². The van der Waals surface area contributed by atoms with E-state index >= 15 is 0 Å². The van der Waals surface area contributed by atoms with Crippen molar-refractivity contribution < 1.29 is 8.42 Å². The maximum atomic E-state index is 11.3. The average molecular weight is 377 g/mol. The monoisotopic (exact) mass is 375 g/mol. The van der Waals surface area contributed by atoms with Gasteiger partial charge in [0.2, 0.25) is 10.0 Å². The molecule has 0 aliphatic carbocycles. The van der Waals surface area contributed by atoms with Gasteiger partial charge in [-0.25, -0.2) is 13.6 Å². The highest BCUT2D eigenvalue weighted by Gasteiger charge is 2.10. The fourth-order valence-corrected chi connectivity index (χ4v) is 2.70. The molecule has 0 aliphatic heterocycles. The van der Waals surface area contributed by atoms with Crippen LogP contribution in [0.2, 0.25) is 5.02 Å². The summed E-state index contributed by atoms with van der Waals surface area (Å²) in [6, 6.07) is 6.16. The van der Waals surface area contributed by atoms with Crippen LogP contribution in [0, 0.1) is 0 Å². The first-order valence-electron chi connectivity index (χ1n) is 5.52. The smallest absolute Gasteiger partial charge is 0.238 e. The van der Waals surface area contributed by atoms with E-state index in [0.29, 0.717) is 17.3 Å². The van der Waals surface area contributed by atoms with Crippen molar-refractivity contribution in [2.75, 3.05) is 5.32 Å². The van der Waals surface area contributed by atoms with Crippen molar-refractivity contribution in [2.24, 2.45) is 5.14 Å². The van der Waals surface area contributed by atoms with Gasteiger partial charge in [-0.15, -0.1) is 0 Å². The van der Waals surface area contributed by atoms with Gasteiger partial charge in [-0.05, 0) is 45.8 Å². The molecule has 8 heteroatoms. The SMILES string of the molecule is NS(=O)(=O)c1ccc(Cl)c(NCc2cncc(Br)c2)c1. The zero-order chi connectivity index (χ0) is 14.8. The number of rotatable bonds is 4. The molecule has 0 amide bonds. The Bertz CT molecular complexity index is 737. The molecule has 0 atom stereocenters. The third-order valence-corrected chi connectivity index (χ3v) is 4.19. The highest BCUT2D eigenvalue weighted by atomic mass is 79.9. The van der Waals surface area contributed by atoms with Crippen LogP contribution in [0.5, 0.6) is 0 Å². The third-order valence-electron chi connectivity index (χ3n) is 2.51. The van der Waals surface area contributed by atoms with E-state index in [1.165, 1.54) is 18.2 Å². The fourth-order valence-electron chi connectivity index (χ4n) is 1.57. The van der Waals surface area contributed by atoms with Gasteiger partial charge < -0.3 is 5.32 Å². The molecular formula is C12H11BrClN3O2S. The first-order valence-corrected chi connectivity index (χ1v) is 8.23. The molecule has 2 aromatic rings. The van der Waals surface area contributed by atoms with Crippen LogP contribution in [0.25, 0.3) is 0 Å². The lowest BCUT2D eigenvalue weighted by Crippen LogP contribution is -2.12. The second-order valence-electron chi connectivity index (χ2n) is 4.05. The number of nitrogens with two attached hydrogens (primary N) is 1. The van der Waals surface area contributed by atoms with E-state index in [1.54, 1.807) is 12.4 Å². The number of pyridine rings is 1. The molecule has 5 nitrogen and oxygen atoms in total. The fraction of sp³-hybridized carbons (Fsp3) is 0.0833. The highest BCUT2D eigenvalue weighted by Crippen LogP contribution is 2.25. The van der Waals surface area contributed by atoms with Gasteiger partial charge in [0.05, 0.1) is 15.6 Å². The van der Waals surface area contributed by atoms with Crippen LogP contribution in [0.1, 0.15) is 5.56 Å². The summed E-state index contributed by atoms with van der Waals surface area (Å²) in [7, 11) is -3.75. The van der Waals surface area contributed by atoms with Crippen molar-refractivity contribution in [3.8, 4) is 0 Å². The van der Waals surface area contributed by atoms with Crippen molar-refractivity contribution >= 4 is 43.2 Å². The van der Waals surface area contributed by atoms with Crippen molar-refractivity contribution in [2.45, 2.75) is 11.4 Å². The van der Waals surface area contributed by atoms with E-state index in [9.17, 15) is 8.42 Å². The second-order valence-corrected chi connectivity index (χ2v) is 6.94. The number of anilines is 1. The second kappa shape index (κ2) is 6.09. The van der Waals surface area contributed by atoms with E-state index in [1.807, 2.05) is 6.07 Å². The Morgan fingerprint density at radius 1 is 1.30 bits per heavy atom. The molecule has 0 saturated heterocycles. The third kappa shape index (κ3) is 3.92. The zero-order valence-electron chi connectivity index (χ0n) is 10.2. The average Bonchev–Trinajstić information content (AvgIpc) is 2.36. The number of nitrogens with zero attached hydrogens (tertiary/aromatic N) is 1. The quantitative estimate of drug-likeness (QED) is 0.859. The van der Waals surface area contributed by atoms with Crippen LogP contribution in [0.4, 0.5) is 5.69 Å². The minimum absolute atomic E-state index is 0.0109. The van der Waals surface area contributed by atoms with Gasteiger partial charge in [-0.2, -0.15) is 0 Å². The molecule has 1 aromatic carbocycles. The van der Waals surface area contributed by atoms with Crippen LogP contribution >= 0.6 is 27.5 Å². The summed E-state index contributed by atoms with van der Waals surface area (Å²) in [6.45, 7) is 0.459.